The molecule has 604 valence electrons. The molecule has 0 unspecified atom stereocenters. The number of hydrogen-bond acceptors (Lipinski definition) is 4. The van der Waals surface area contributed by atoms with Crippen LogP contribution in [0.4, 0.5) is 0 Å². The van der Waals surface area contributed by atoms with Crippen molar-refractivity contribution >= 4 is 130 Å². The molecule has 0 amide bonds. The van der Waals surface area contributed by atoms with Crippen molar-refractivity contribution in [1.82, 2.24) is 29.1 Å². The summed E-state index contributed by atoms with van der Waals surface area (Å²) in [6, 6.07) is 170. The Labute approximate surface area is 750 Å². The monoisotopic (exact) mass is 1650 g/mol. The van der Waals surface area contributed by atoms with Gasteiger partial charge in [-0.15, -0.1) is 0 Å². The molecule has 0 atom stereocenters. The lowest BCUT2D eigenvalue weighted by atomic mass is 9.94. The second-order valence-corrected chi connectivity index (χ2v) is 33.7. The molecule has 130 heavy (non-hydrogen) atoms. The third-order valence-corrected chi connectivity index (χ3v) is 26.4. The van der Waals surface area contributed by atoms with Gasteiger partial charge in [0.15, 0.2) is 11.6 Å². The maximum atomic E-state index is 5.44. The quantitative estimate of drug-likeness (QED) is 0.122. The fraction of sp³-hybridized carbons (Fsp3) is 0. The van der Waals surface area contributed by atoms with Gasteiger partial charge in [0, 0.05) is 65.3 Å². The Bertz CT molecular complexity index is 8990. The molecule has 0 aliphatic carbocycles. The van der Waals surface area contributed by atoms with Crippen LogP contribution in [-0.2, 0) is 0 Å². The van der Waals surface area contributed by atoms with Crippen molar-refractivity contribution in [3.05, 3.63) is 473 Å². The van der Waals surface area contributed by atoms with Gasteiger partial charge >= 0.3 is 0 Å². The minimum absolute atomic E-state index is 0.701. The maximum absolute atomic E-state index is 5.44. The number of hydrogen-bond donors (Lipinski definition) is 0. The average molecular weight is 1650 g/mol. The third-order valence-electron chi connectivity index (χ3n) is 26.4. The van der Waals surface area contributed by atoms with Gasteiger partial charge < -0.3 is 9.13 Å². The van der Waals surface area contributed by atoms with E-state index in [0.29, 0.717) is 11.6 Å². The summed E-state index contributed by atoms with van der Waals surface area (Å²) in [5, 5.41) is 21.5. The predicted molar refractivity (Wildman–Crippen MR) is 547 cm³/mol. The first-order valence-corrected chi connectivity index (χ1v) is 44.5. The minimum atomic E-state index is 0.701. The summed E-state index contributed by atoms with van der Waals surface area (Å²) in [7, 11) is 0. The molecule has 26 rings (SSSR count). The second kappa shape index (κ2) is 31.4. The van der Waals surface area contributed by atoms with Crippen LogP contribution in [-0.4, -0.2) is 29.1 Å². The number of fused-ring (bicyclic) bond motifs is 18. The van der Waals surface area contributed by atoms with Crippen molar-refractivity contribution in [3.8, 4) is 123 Å². The molecule has 0 aliphatic heterocycles. The largest absolute Gasteiger partial charge is 0.309 e. The Balaban J connectivity index is 0.000000140. The summed E-state index contributed by atoms with van der Waals surface area (Å²) < 4.78 is 4.98. The predicted octanol–water partition coefficient (Wildman–Crippen LogP) is 33.0. The van der Waals surface area contributed by atoms with Gasteiger partial charge in [-0.25, -0.2) is 19.9 Å². The average Bonchev–Trinajstić information content (AvgIpc) is 1.55. The molecule has 0 radical (unpaired) electrons. The van der Waals surface area contributed by atoms with E-state index in [1.807, 2.05) is 0 Å². The number of benzene rings is 22. The minimum Gasteiger partial charge on any atom is -0.309 e. The molecule has 26 aromatic rings. The zero-order valence-electron chi connectivity index (χ0n) is 70.7. The van der Waals surface area contributed by atoms with Gasteiger partial charge in [0.1, 0.15) is 0 Å². The van der Waals surface area contributed by atoms with E-state index in [9.17, 15) is 0 Å². The number of para-hydroxylation sites is 2. The summed E-state index contributed by atoms with van der Waals surface area (Å²) >= 11 is 0. The SMILES string of the molecule is c1ccc(-c2ccc(-c3ccc(-c4nc(-c5ccc(-n6c7ccc8ccccc8c7c7c8ccccc8c(-c8ccccc8)cc76)c6ccccc56)nc5ccccc45)cc3)cc2)cc1.c1ccc(-c2cccc(-c3ccc(-c4nc(-c5ccc(-n6c7ccc8ccccc8c7c7c8ccccc8c(-c8ccccc8)cc76)c6ccccc56)nc5ccccc45)cc3)c2)cc1. The summed E-state index contributed by atoms with van der Waals surface area (Å²) in [6.07, 6.45) is 0. The molecule has 4 heterocycles. The van der Waals surface area contributed by atoms with Crippen LogP contribution in [0.2, 0.25) is 0 Å². The van der Waals surface area contributed by atoms with Crippen LogP contribution >= 0.6 is 0 Å². The maximum Gasteiger partial charge on any atom is 0.161 e. The standard InChI is InChI=1S/2C62H39N3/c1-3-16-40(17-4-1)45-21-15-22-46(38-45)41-30-32-44(33-31-41)61-53-28-13-14-29-55(53)63-62(64-61)52-35-37-56(50-26-11-9-24-48(50)52)65-57-36-34-43-20-7-8-23-47(43)59(57)60-51-27-12-10-25-49(51)54(39-58(60)65)42-18-5-2-6-19-42;1-3-15-40(16-4-1)41-27-29-42(30-28-41)43-31-33-46(34-32-43)61-53-25-13-14-26-55(53)63-62(64-61)52-36-38-56(50-23-11-9-21-48(50)52)65-57-37-35-45-19-7-8-20-47(45)59(57)60-51-24-12-10-22-49(51)54(39-58(60)65)44-17-5-2-6-18-44/h2*1-39H. The smallest absolute Gasteiger partial charge is 0.161 e. The molecule has 6 nitrogen and oxygen atoms in total. The molecule has 0 bridgehead atoms. The van der Waals surface area contributed by atoms with Crippen LogP contribution in [0, 0.1) is 0 Å². The Morgan fingerprint density at radius 1 is 0.146 bits per heavy atom. The fourth-order valence-electron chi connectivity index (χ4n) is 20.3. The second-order valence-electron chi connectivity index (χ2n) is 33.7. The molecule has 0 saturated carbocycles. The van der Waals surface area contributed by atoms with Gasteiger partial charge in [-0.05, 0) is 187 Å². The first-order chi connectivity index (χ1) is 64.5. The van der Waals surface area contributed by atoms with Gasteiger partial charge in [-0.3, -0.25) is 0 Å². The molecule has 0 N–H and O–H groups in total. The van der Waals surface area contributed by atoms with Gasteiger partial charge in [-0.1, -0.05) is 406 Å². The van der Waals surface area contributed by atoms with Crippen molar-refractivity contribution in [2.75, 3.05) is 0 Å². The third kappa shape index (κ3) is 12.8. The normalized spacial score (nSPS) is 11.7. The van der Waals surface area contributed by atoms with Crippen molar-refractivity contribution < 1.29 is 0 Å². The van der Waals surface area contributed by atoms with Crippen LogP contribution in [0.5, 0.6) is 0 Å². The van der Waals surface area contributed by atoms with E-state index in [1.165, 1.54) is 142 Å². The van der Waals surface area contributed by atoms with E-state index >= 15 is 0 Å². The van der Waals surface area contributed by atoms with Crippen molar-refractivity contribution in [3.63, 3.8) is 0 Å². The topological polar surface area (TPSA) is 61.4 Å². The lowest BCUT2D eigenvalue weighted by Gasteiger charge is -2.16. The van der Waals surface area contributed by atoms with Gasteiger partial charge in [-0.2, -0.15) is 0 Å². The van der Waals surface area contributed by atoms with Crippen LogP contribution in [0.3, 0.4) is 0 Å². The number of aromatic nitrogens is 6. The Hall–Kier alpha value is -17.3. The zero-order chi connectivity index (χ0) is 85.7. The highest BCUT2D eigenvalue weighted by atomic mass is 15.0. The van der Waals surface area contributed by atoms with Crippen molar-refractivity contribution in [2.45, 2.75) is 0 Å². The highest BCUT2D eigenvalue weighted by Crippen LogP contribution is 2.50. The highest BCUT2D eigenvalue weighted by Gasteiger charge is 2.27. The number of rotatable bonds is 12. The van der Waals surface area contributed by atoms with Gasteiger partial charge in [0.2, 0.25) is 0 Å². The molecule has 0 spiro atoms. The zero-order valence-corrected chi connectivity index (χ0v) is 70.7. The summed E-state index contributed by atoms with van der Waals surface area (Å²) in [5.74, 6) is 1.40. The lowest BCUT2D eigenvalue weighted by molar-refractivity contribution is 1.19. The fourth-order valence-corrected chi connectivity index (χ4v) is 20.3. The van der Waals surface area contributed by atoms with Crippen molar-refractivity contribution in [1.29, 1.82) is 0 Å². The molecule has 0 fully saturated rings. The van der Waals surface area contributed by atoms with E-state index in [2.05, 4.69) is 482 Å². The number of nitrogens with zero attached hydrogens (tertiary/aromatic N) is 6. The molecule has 22 aromatic carbocycles. The first kappa shape index (κ1) is 75.2. The van der Waals surface area contributed by atoms with Gasteiger partial charge in [0.05, 0.1) is 55.9 Å². The van der Waals surface area contributed by atoms with Crippen LogP contribution in [0.1, 0.15) is 0 Å². The molecular weight excluding hydrogens is 1570 g/mol. The molecule has 0 saturated heterocycles. The van der Waals surface area contributed by atoms with E-state index in [4.69, 9.17) is 19.9 Å². The molecule has 6 heteroatoms. The van der Waals surface area contributed by atoms with E-state index < -0.39 is 0 Å². The Morgan fingerprint density at radius 3 is 0.815 bits per heavy atom. The molecular formula is C124H78N6. The molecule has 4 aromatic heterocycles. The summed E-state index contributed by atoms with van der Waals surface area (Å²) in [5.41, 5.74) is 29.0. The van der Waals surface area contributed by atoms with Crippen LogP contribution in [0.15, 0.2) is 473 Å². The van der Waals surface area contributed by atoms with Crippen LogP contribution < -0.4 is 0 Å². The van der Waals surface area contributed by atoms with E-state index in [-0.39, 0.29) is 0 Å². The van der Waals surface area contributed by atoms with Crippen molar-refractivity contribution in [2.24, 2.45) is 0 Å². The van der Waals surface area contributed by atoms with Gasteiger partial charge in [0.25, 0.3) is 0 Å². The van der Waals surface area contributed by atoms with E-state index in [1.54, 1.807) is 0 Å². The highest BCUT2D eigenvalue weighted by molar-refractivity contribution is 6.32. The van der Waals surface area contributed by atoms with E-state index in [0.717, 1.165) is 99.5 Å². The Kier molecular flexibility index (Phi) is 18.2. The van der Waals surface area contributed by atoms with Crippen LogP contribution in [0.25, 0.3) is 253 Å². The summed E-state index contributed by atoms with van der Waals surface area (Å²) in [4.78, 5) is 21.4. The lowest BCUT2D eigenvalue weighted by Crippen LogP contribution is -1.99. The Morgan fingerprint density at radius 2 is 0.423 bits per heavy atom. The first-order valence-electron chi connectivity index (χ1n) is 44.5. The summed E-state index contributed by atoms with van der Waals surface area (Å²) in [6.45, 7) is 0. The molecule has 0 aliphatic rings.